The zero-order chi connectivity index (χ0) is 13.0. The number of rotatable bonds is 4. The molecule has 0 radical (unpaired) electrons. The number of hydrogen-bond acceptors (Lipinski definition) is 3. The first kappa shape index (κ1) is 13.9. The molecule has 94 valence electrons. The lowest BCUT2D eigenvalue weighted by Gasteiger charge is -2.11. The number of benzene rings is 1. The fourth-order valence-corrected chi connectivity index (χ4v) is 1.37. The van der Waals surface area contributed by atoms with Gasteiger partial charge in [-0.15, -0.1) is 0 Å². The SMILES string of the molecule is Cc1ccc(C(=O)NCC(N)CO)c(F)c1Cl. The molecule has 1 aromatic rings. The Morgan fingerprint density at radius 1 is 1.65 bits per heavy atom. The van der Waals surface area contributed by atoms with Crippen LogP contribution in [0.5, 0.6) is 0 Å². The summed E-state index contributed by atoms with van der Waals surface area (Å²) < 4.78 is 13.6. The third-order valence-corrected chi connectivity index (χ3v) is 2.74. The number of amides is 1. The first-order valence-corrected chi connectivity index (χ1v) is 5.44. The second-order valence-corrected chi connectivity index (χ2v) is 4.09. The Hall–Kier alpha value is -1.17. The number of nitrogens with one attached hydrogen (secondary N) is 1. The summed E-state index contributed by atoms with van der Waals surface area (Å²) in [7, 11) is 0. The summed E-state index contributed by atoms with van der Waals surface area (Å²) in [5.41, 5.74) is 5.84. The van der Waals surface area contributed by atoms with Crippen molar-refractivity contribution in [1.82, 2.24) is 5.32 Å². The molecule has 1 rings (SSSR count). The molecule has 4 N–H and O–H groups in total. The van der Waals surface area contributed by atoms with Gasteiger partial charge in [0, 0.05) is 12.6 Å². The molecule has 0 aliphatic rings. The van der Waals surface area contributed by atoms with E-state index in [-0.39, 0.29) is 23.7 Å². The first-order valence-electron chi connectivity index (χ1n) is 5.06. The lowest BCUT2D eigenvalue weighted by molar-refractivity contribution is 0.0944. The molecular weight excluding hydrogens is 247 g/mol. The number of aryl methyl sites for hydroxylation is 1. The minimum Gasteiger partial charge on any atom is -0.395 e. The van der Waals surface area contributed by atoms with Gasteiger partial charge in [0.25, 0.3) is 5.91 Å². The number of aliphatic hydroxyl groups is 1. The average Bonchev–Trinajstić information content (AvgIpc) is 2.32. The molecule has 0 aliphatic carbocycles. The fraction of sp³-hybridized carbons (Fsp3) is 0.364. The zero-order valence-corrected chi connectivity index (χ0v) is 10.1. The lowest BCUT2D eigenvalue weighted by Crippen LogP contribution is -2.39. The predicted octanol–water partition coefficient (Wildman–Crippen LogP) is 0.837. The van der Waals surface area contributed by atoms with Crippen LogP contribution in [0.2, 0.25) is 5.02 Å². The van der Waals surface area contributed by atoms with Gasteiger partial charge in [-0.2, -0.15) is 0 Å². The van der Waals surface area contributed by atoms with Crippen molar-refractivity contribution in [1.29, 1.82) is 0 Å². The molecule has 0 saturated carbocycles. The van der Waals surface area contributed by atoms with Crippen LogP contribution < -0.4 is 11.1 Å². The molecule has 6 heteroatoms. The van der Waals surface area contributed by atoms with E-state index in [1.54, 1.807) is 13.0 Å². The van der Waals surface area contributed by atoms with Gasteiger partial charge in [0.05, 0.1) is 17.2 Å². The van der Waals surface area contributed by atoms with Crippen molar-refractivity contribution >= 4 is 17.5 Å². The van der Waals surface area contributed by atoms with Gasteiger partial charge in [-0.05, 0) is 18.6 Å². The molecule has 1 unspecified atom stereocenters. The maximum absolute atomic E-state index is 13.6. The monoisotopic (exact) mass is 260 g/mol. The number of nitrogens with two attached hydrogens (primary N) is 1. The number of aliphatic hydroxyl groups excluding tert-OH is 1. The highest BCUT2D eigenvalue weighted by molar-refractivity contribution is 6.31. The fourth-order valence-electron chi connectivity index (χ4n) is 1.20. The summed E-state index contributed by atoms with van der Waals surface area (Å²) in [6.07, 6.45) is 0. The molecule has 0 aliphatic heterocycles. The standard InChI is InChI=1S/C11H14ClFN2O2/c1-6-2-3-8(10(13)9(6)12)11(17)15-4-7(14)5-16/h2-3,7,16H,4-5,14H2,1H3,(H,15,17). The van der Waals surface area contributed by atoms with Gasteiger partial charge >= 0.3 is 0 Å². The van der Waals surface area contributed by atoms with Gasteiger partial charge in [-0.3, -0.25) is 4.79 Å². The molecule has 0 bridgehead atoms. The van der Waals surface area contributed by atoms with Crippen molar-refractivity contribution in [3.8, 4) is 0 Å². The van der Waals surface area contributed by atoms with Gasteiger partial charge < -0.3 is 16.2 Å². The summed E-state index contributed by atoms with van der Waals surface area (Å²) in [5, 5.41) is 11.0. The van der Waals surface area contributed by atoms with Crippen molar-refractivity contribution in [2.45, 2.75) is 13.0 Å². The van der Waals surface area contributed by atoms with E-state index in [2.05, 4.69) is 5.32 Å². The highest BCUT2D eigenvalue weighted by Crippen LogP contribution is 2.22. The second-order valence-electron chi connectivity index (χ2n) is 3.71. The quantitative estimate of drug-likeness (QED) is 0.751. The molecule has 0 saturated heterocycles. The maximum atomic E-state index is 13.6. The molecule has 1 aromatic carbocycles. The van der Waals surface area contributed by atoms with Crippen LogP contribution in [0.1, 0.15) is 15.9 Å². The third kappa shape index (κ3) is 3.39. The molecule has 0 fully saturated rings. The van der Waals surface area contributed by atoms with E-state index >= 15 is 0 Å². The van der Waals surface area contributed by atoms with Crippen molar-refractivity contribution in [3.63, 3.8) is 0 Å². The number of hydrogen-bond donors (Lipinski definition) is 3. The summed E-state index contributed by atoms with van der Waals surface area (Å²) in [6, 6.07) is 2.35. The van der Waals surface area contributed by atoms with Crippen LogP contribution in [0.25, 0.3) is 0 Å². The Labute approximate surface area is 104 Å². The number of carbonyl (C=O) groups is 1. The zero-order valence-electron chi connectivity index (χ0n) is 9.34. The van der Waals surface area contributed by atoms with Crippen molar-refractivity contribution < 1.29 is 14.3 Å². The van der Waals surface area contributed by atoms with E-state index in [4.69, 9.17) is 22.4 Å². The predicted molar refractivity (Wildman–Crippen MR) is 63.5 cm³/mol. The van der Waals surface area contributed by atoms with Crippen LogP contribution in [-0.2, 0) is 0 Å². The largest absolute Gasteiger partial charge is 0.395 e. The highest BCUT2D eigenvalue weighted by atomic mass is 35.5. The van der Waals surface area contributed by atoms with Crippen LogP contribution in [0.4, 0.5) is 4.39 Å². The van der Waals surface area contributed by atoms with Crippen LogP contribution in [0.3, 0.4) is 0 Å². The Kier molecular flexibility index (Phi) is 4.86. The summed E-state index contributed by atoms with van der Waals surface area (Å²) in [4.78, 5) is 11.6. The smallest absolute Gasteiger partial charge is 0.254 e. The van der Waals surface area contributed by atoms with Gasteiger partial charge in [-0.25, -0.2) is 4.39 Å². The Balaban J connectivity index is 2.80. The van der Waals surface area contributed by atoms with Crippen molar-refractivity contribution in [2.75, 3.05) is 13.2 Å². The molecule has 0 aromatic heterocycles. The number of halogens is 2. The van der Waals surface area contributed by atoms with Gasteiger partial charge in [0.15, 0.2) is 5.82 Å². The van der Waals surface area contributed by atoms with Gasteiger partial charge in [0.2, 0.25) is 0 Å². The minimum absolute atomic E-state index is 0.0656. The van der Waals surface area contributed by atoms with E-state index in [1.165, 1.54) is 6.07 Å². The highest BCUT2D eigenvalue weighted by Gasteiger charge is 2.16. The van der Waals surface area contributed by atoms with Gasteiger partial charge in [0.1, 0.15) is 0 Å². The second kappa shape index (κ2) is 5.95. The molecule has 1 amide bonds. The average molecular weight is 261 g/mol. The van der Waals surface area contributed by atoms with E-state index in [0.717, 1.165) is 0 Å². The van der Waals surface area contributed by atoms with Crippen molar-refractivity contribution in [3.05, 3.63) is 34.1 Å². The lowest BCUT2D eigenvalue weighted by atomic mass is 10.1. The third-order valence-electron chi connectivity index (χ3n) is 2.28. The van der Waals surface area contributed by atoms with Crippen LogP contribution in [-0.4, -0.2) is 30.2 Å². The van der Waals surface area contributed by atoms with Crippen LogP contribution in [0.15, 0.2) is 12.1 Å². The van der Waals surface area contributed by atoms with Crippen LogP contribution in [0, 0.1) is 12.7 Å². The van der Waals surface area contributed by atoms with E-state index < -0.39 is 17.8 Å². The molecule has 4 nitrogen and oxygen atoms in total. The summed E-state index contributed by atoms with van der Waals surface area (Å²) in [5.74, 6) is -1.35. The summed E-state index contributed by atoms with van der Waals surface area (Å²) in [6.45, 7) is 1.46. The summed E-state index contributed by atoms with van der Waals surface area (Å²) >= 11 is 5.70. The normalized spacial score (nSPS) is 12.3. The first-order chi connectivity index (χ1) is 7.97. The van der Waals surface area contributed by atoms with E-state index in [9.17, 15) is 9.18 Å². The Bertz CT molecular complexity index is 426. The number of carbonyl (C=O) groups excluding carboxylic acids is 1. The molecule has 17 heavy (non-hydrogen) atoms. The van der Waals surface area contributed by atoms with E-state index in [1.807, 2.05) is 0 Å². The minimum atomic E-state index is -0.748. The Morgan fingerprint density at radius 3 is 2.88 bits per heavy atom. The molecule has 0 spiro atoms. The topological polar surface area (TPSA) is 75.4 Å². The van der Waals surface area contributed by atoms with Crippen LogP contribution >= 0.6 is 11.6 Å². The Morgan fingerprint density at radius 2 is 2.29 bits per heavy atom. The maximum Gasteiger partial charge on any atom is 0.254 e. The van der Waals surface area contributed by atoms with E-state index in [0.29, 0.717) is 5.56 Å². The molecular formula is C11H14ClFN2O2. The molecule has 0 heterocycles. The van der Waals surface area contributed by atoms with Gasteiger partial charge in [-0.1, -0.05) is 17.7 Å². The molecule has 1 atom stereocenters. The van der Waals surface area contributed by atoms with Crippen molar-refractivity contribution in [2.24, 2.45) is 5.73 Å².